The zero-order valence-electron chi connectivity index (χ0n) is 15.5. The van der Waals surface area contributed by atoms with Crippen LogP contribution in [0.25, 0.3) is 11.8 Å². The average Bonchev–Trinajstić information content (AvgIpc) is 3.19. The highest BCUT2D eigenvalue weighted by atomic mass is 35.5. The molecule has 3 nitrogen and oxygen atoms in total. The van der Waals surface area contributed by atoms with E-state index in [1.54, 1.807) is 12.1 Å². The molecule has 2 aliphatic carbocycles. The summed E-state index contributed by atoms with van der Waals surface area (Å²) < 4.78 is 15.1. The first kappa shape index (κ1) is 17.7. The molecule has 0 aliphatic heterocycles. The highest BCUT2D eigenvalue weighted by Gasteiger charge is 2.56. The van der Waals surface area contributed by atoms with Gasteiger partial charge in [-0.2, -0.15) is 5.10 Å². The second kappa shape index (κ2) is 6.03. The van der Waals surface area contributed by atoms with Crippen LogP contribution in [0.1, 0.15) is 36.6 Å². The van der Waals surface area contributed by atoms with E-state index in [4.69, 9.17) is 11.6 Å². The van der Waals surface area contributed by atoms with Gasteiger partial charge in [-0.05, 0) is 72.9 Å². The van der Waals surface area contributed by atoms with Crippen molar-refractivity contribution in [3.63, 3.8) is 0 Å². The molecule has 1 saturated carbocycles. The van der Waals surface area contributed by atoms with Crippen LogP contribution < -0.4 is 0 Å². The van der Waals surface area contributed by atoms with Crippen LogP contribution in [0.5, 0.6) is 0 Å². The van der Waals surface area contributed by atoms with Crippen molar-refractivity contribution in [2.45, 2.75) is 31.8 Å². The lowest BCUT2D eigenvalue weighted by Gasteiger charge is -2.42. The molecule has 0 spiro atoms. The molecule has 1 N–H and O–H groups in total. The topological polar surface area (TPSA) is 38.0 Å². The van der Waals surface area contributed by atoms with Crippen molar-refractivity contribution < 1.29 is 9.50 Å². The van der Waals surface area contributed by atoms with E-state index in [1.165, 1.54) is 17.7 Å². The SMILES string of the molecule is C[C@]12Cc3cnn(-c4ccc(F)cc4)c3C=C1CC[C@@]2(O)c1cccc(Cl)c1. The van der Waals surface area contributed by atoms with E-state index < -0.39 is 11.0 Å². The number of aliphatic hydroxyl groups is 1. The minimum absolute atomic E-state index is 0.266. The molecule has 2 atom stereocenters. The summed E-state index contributed by atoms with van der Waals surface area (Å²) in [6, 6.07) is 13.9. The zero-order valence-corrected chi connectivity index (χ0v) is 16.2. The monoisotopic (exact) mass is 394 g/mol. The van der Waals surface area contributed by atoms with Crippen LogP contribution in [0, 0.1) is 11.2 Å². The normalized spacial score (nSPS) is 25.9. The van der Waals surface area contributed by atoms with Gasteiger partial charge in [-0.15, -0.1) is 0 Å². The molecule has 5 heteroatoms. The molecular formula is C23H20ClFN2O. The Morgan fingerprint density at radius 1 is 1.18 bits per heavy atom. The number of rotatable bonds is 2. The molecule has 1 heterocycles. The van der Waals surface area contributed by atoms with Crippen molar-refractivity contribution in [3.05, 3.63) is 88.0 Å². The highest BCUT2D eigenvalue weighted by Crippen LogP contribution is 2.59. The average molecular weight is 395 g/mol. The summed E-state index contributed by atoms with van der Waals surface area (Å²) in [5.41, 5.74) is 3.60. The van der Waals surface area contributed by atoms with Gasteiger partial charge < -0.3 is 5.11 Å². The Morgan fingerprint density at radius 3 is 2.71 bits per heavy atom. The van der Waals surface area contributed by atoms with Gasteiger partial charge in [0.1, 0.15) is 5.82 Å². The second-order valence-corrected chi connectivity index (χ2v) is 8.43. The summed E-state index contributed by atoms with van der Waals surface area (Å²) in [5, 5.41) is 16.9. The first-order valence-corrected chi connectivity index (χ1v) is 9.81. The first-order chi connectivity index (χ1) is 13.4. The Balaban J connectivity index is 1.60. The number of nitrogens with zero attached hydrogens (tertiary/aromatic N) is 2. The number of halogens is 2. The van der Waals surface area contributed by atoms with E-state index >= 15 is 0 Å². The fraction of sp³-hybridized carbons (Fsp3) is 0.261. The van der Waals surface area contributed by atoms with Gasteiger partial charge in [0, 0.05) is 10.4 Å². The molecule has 1 aromatic heterocycles. The number of aromatic nitrogens is 2. The molecule has 3 aromatic rings. The molecule has 28 heavy (non-hydrogen) atoms. The van der Waals surface area contributed by atoms with Gasteiger partial charge in [-0.3, -0.25) is 0 Å². The van der Waals surface area contributed by atoms with Crippen molar-refractivity contribution >= 4 is 17.7 Å². The molecule has 0 saturated heterocycles. The van der Waals surface area contributed by atoms with E-state index in [0.717, 1.165) is 28.9 Å². The van der Waals surface area contributed by atoms with Gasteiger partial charge in [0.25, 0.3) is 0 Å². The largest absolute Gasteiger partial charge is 0.384 e. The van der Waals surface area contributed by atoms with Crippen molar-refractivity contribution in [2.24, 2.45) is 5.41 Å². The number of hydrogen-bond acceptors (Lipinski definition) is 2. The lowest BCUT2D eigenvalue weighted by atomic mass is 9.65. The zero-order chi connectivity index (χ0) is 19.5. The second-order valence-electron chi connectivity index (χ2n) is 7.99. The fourth-order valence-corrected chi connectivity index (χ4v) is 5.04. The van der Waals surface area contributed by atoms with Gasteiger partial charge in [0.2, 0.25) is 0 Å². The maximum absolute atomic E-state index is 13.3. The lowest BCUT2D eigenvalue weighted by molar-refractivity contribution is -0.0454. The number of hydrogen-bond donors (Lipinski definition) is 1. The minimum Gasteiger partial charge on any atom is -0.384 e. The predicted molar refractivity (Wildman–Crippen MR) is 108 cm³/mol. The standard InChI is InChI=1S/C23H20ClFN2O/c1-22-13-15-14-26-27(20-7-5-19(25)6-8-20)21(15)12-16(22)9-10-23(22,28)17-3-2-4-18(24)11-17/h2-8,11-12,14,28H,9-10,13H2,1H3/t22-,23+/m0/s1. The summed E-state index contributed by atoms with van der Waals surface area (Å²) in [6.07, 6.45) is 6.17. The van der Waals surface area contributed by atoms with Crippen molar-refractivity contribution in [1.82, 2.24) is 9.78 Å². The van der Waals surface area contributed by atoms with E-state index in [0.29, 0.717) is 17.9 Å². The van der Waals surface area contributed by atoms with Crippen LogP contribution in [0.15, 0.2) is 60.3 Å². The van der Waals surface area contributed by atoms with Crippen LogP contribution in [0.3, 0.4) is 0 Å². The Bertz CT molecular complexity index is 1100. The molecule has 2 aromatic carbocycles. The van der Waals surface area contributed by atoms with Crippen molar-refractivity contribution in [3.8, 4) is 5.69 Å². The lowest BCUT2D eigenvalue weighted by Crippen LogP contribution is -2.42. The van der Waals surface area contributed by atoms with Gasteiger partial charge in [-0.1, -0.05) is 36.2 Å². The molecule has 1 fully saturated rings. The molecular weight excluding hydrogens is 375 g/mol. The third-order valence-electron chi connectivity index (χ3n) is 6.49. The van der Waals surface area contributed by atoms with Crippen molar-refractivity contribution in [1.29, 1.82) is 0 Å². The van der Waals surface area contributed by atoms with E-state index in [9.17, 15) is 9.50 Å². The Labute approximate surface area is 168 Å². The maximum atomic E-state index is 13.3. The molecule has 2 aliphatic rings. The summed E-state index contributed by atoms with van der Waals surface area (Å²) in [4.78, 5) is 0. The van der Waals surface area contributed by atoms with Crippen LogP contribution in [-0.4, -0.2) is 14.9 Å². The smallest absolute Gasteiger partial charge is 0.123 e. The molecule has 5 rings (SSSR count). The molecule has 0 radical (unpaired) electrons. The summed E-state index contributed by atoms with van der Waals surface area (Å²) in [5.74, 6) is -0.266. The summed E-state index contributed by atoms with van der Waals surface area (Å²) in [6.45, 7) is 2.13. The van der Waals surface area contributed by atoms with Gasteiger partial charge in [0.05, 0.1) is 23.2 Å². The third-order valence-corrected chi connectivity index (χ3v) is 6.73. The Kier molecular flexibility index (Phi) is 3.80. The molecule has 0 unspecified atom stereocenters. The highest BCUT2D eigenvalue weighted by molar-refractivity contribution is 6.30. The van der Waals surface area contributed by atoms with Crippen molar-refractivity contribution in [2.75, 3.05) is 0 Å². The van der Waals surface area contributed by atoms with Gasteiger partial charge >= 0.3 is 0 Å². The van der Waals surface area contributed by atoms with Gasteiger partial charge in [0.15, 0.2) is 0 Å². The Hall–Kier alpha value is -2.43. The van der Waals surface area contributed by atoms with Gasteiger partial charge in [-0.25, -0.2) is 9.07 Å². The fourth-order valence-electron chi connectivity index (χ4n) is 4.85. The number of benzene rings is 2. The Morgan fingerprint density at radius 2 is 1.96 bits per heavy atom. The quantitative estimate of drug-likeness (QED) is 0.641. The third kappa shape index (κ3) is 2.41. The van der Waals surface area contributed by atoms with E-state index in [2.05, 4.69) is 18.1 Å². The van der Waals surface area contributed by atoms with Crippen LogP contribution >= 0.6 is 11.6 Å². The molecule has 0 bridgehead atoms. The van der Waals surface area contributed by atoms with Crippen LogP contribution in [0.4, 0.5) is 4.39 Å². The maximum Gasteiger partial charge on any atom is 0.123 e. The van der Waals surface area contributed by atoms with E-state index in [-0.39, 0.29) is 5.82 Å². The molecule has 142 valence electrons. The number of fused-ring (bicyclic) bond motifs is 2. The summed E-state index contributed by atoms with van der Waals surface area (Å²) in [7, 11) is 0. The van der Waals surface area contributed by atoms with Crippen LogP contribution in [-0.2, 0) is 12.0 Å². The predicted octanol–water partition coefficient (Wildman–Crippen LogP) is 5.29. The first-order valence-electron chi connectivity index (χ1n) is 9.43. The molecule has 0 amide bonds. The van der Waals surface area contributed by atoms with Crippen LogP contribution in [0.2, 0.25) is 5.02 Å². The minimum atomic E-state index is -0.973. The van der Waals surface area contributed by atoms with E-state index in [1.807, 2.05) is 35.1 Å². The summed E-state index contributed by atoms with van der Waals surface area (Å²) >= 11 is 6.20.